The number of anilines is 1. The number of nitrogens with one attached hydrogen (secondary N) is 1. The Labute approximate surface area is 174 Å². The van der Waals surface area contributed by atoms with Crippen LogP contribution in [0.25, 0.3) is 0 Å². The number of ether oxygens (including phenoxy) is 2. The highest BCUT2D eigenvalue weighted by molar-refractivity contribution is 9.11. The fourth-order valence-electron chi connectivity index (χ4n) is 3.18. The summed E-state index contributed by atoms with van der Waals surface area (Å²) >= 11 is 6.88. The van der Waals surface area contributed by atoms with Gasteiger partial charge in [0.1, 0.15) is 0 Å². The lowest BCUT2D eigenvalue weighted by atomic mass is 9.91. The molecular weight excluding hydrogens is 478 g/mol. The van der Waals surface area contributed by atoms with Crippen LogP contribution < -0.4 is 5.32 Å². The van der Waals surface area contributed by atoms with Crippen LogP contribution in [0, 0.1) is 0 Å². The Morgan fingerprint density at radius 2 is 2.00 bits per heavy atom. The standard InChI is InChI=1S/C20H17Br2NO4/c1-3-9-20(16-14(22)10-13(21)11-15(16)23-19(20)25)27-18(24)17(26-2)12-7-5-4-6-8-12/h3-8,10-11,17H,1,9H2,2H3,(H,23,25)/t17-,20-/m0/s1. The molecule has 5 nitrogen and oxygen atoms in total. The molecule has 0 fully saturated rings. The number of amides is 1. The summed E-state index contributed by atoms with van der Waals surface area (Å²) in [7, 11) is 1.43. The smallest absolute Gasteiger partial charge is 0.341 e. The van der Waals surface area contributed by atoms with Crippen molar-refractivity contribution in [1.29, 1.82) is 0 Å². The first-order chi connectivity index (χ1) is 12.9. The fourth-order valence-corrected chi connectivity index (χ4v) is 4.72. The molecule has 140 valence electrons. The summed E-state index contributed by atoms with van der Waals surface area (Å²) in [5.74, 6) is -1.07. The van der Waals surface area contributed by atoms with E-state index in [9.17, 15) is 9.59 Å². The third-order valence-corrected chi connectivity index (χ3v) is 5.42. The van der Waals surface area contributed by atoms with Crippen LogP contribution in [0.15, 0.2) is 64.1 Å². The zero-order valence-electron chi connectivity index (χ0n) is 14.5. The molecule has 2 atom stereocenters. The molecule has 27 heavy (non-hydrogen) atoms. The number of methoxy groups -OCH3 is 1. The second kappa shape index (κ2) is 7.96. The maximum absolute atomic E-state index is 13.0. The normalized spacial score (nSPS) is 19.1. The summed E-state index contributed by atoms with van der Waals surface area (Å²) in [4.78, 5) is 25.8. The van der Waals surface area contributed by atoms with Crippen LogP contribution in [0.1, 0.15) is 23.7 Å². The van der Waals surface area contributed by atoms with Crippen LogP contribution in [0.2, 0.25) is 0 Å². The lowest BCUT2D eigenvalue weighted by molar-refractivity contribution is -0.176. The number of hydrogen-bond donors (Lipinski definition) is 1. The van der Waals surface area contributed by atoms with Gasteiger partial charge in [-0.3, -0.25) is 4.79 Å². The Morgan fingerprint density at radius 1 is 1.30 bits per heavy atom. The minimum absolute atomic E-state index is 0.128. The van der Waals surface area contributed by atoms with Crippen LogP contribution in [0.4, 0.5) is 5.69 Å². The minimum atomic E-state index is -1.51. The quantitative estimate of drug-likeness (QED) is 0.459. The molecule has 1 aliphatic heterocycles. The summed E-state index contributed by atoms with van der Waals surface area (Å²) in [6.45, 7) is 3.73. The Bertz CT molecular complexity index is 900. The second-order valence-corrected chi connectivity index (χ2v) is 7.80. The average Bonchev–Trinajstić information content (AvgIpc) is 2.88. The molecule has 1 heterocycles. The van der Waals surface area contributed by atoms with Crippen LogP contribution in [-0.4, -0.2) is 19.0 Å². The Kier molecular flexibility index (Phi) is 5.83. The average molecular weight is 495 g/mol. The molecule has 0 spiro atoms. The number of carbonyl (C=O) groups excluding carboxylic acids is 2. The van der Waals surface area contributed by atoms with Gasteiger partial charge in [-0.2, -0.15) is 0 Å². The van der Waals surface area contributed by atoms with Crippen LogP contribution in [0.3, 0.4) is 0 Å². The van der Waals surface area contributed by atoms with Gasteiger partial charge in [-0.05, 0) is 17.7 Å². The van der Waals surface area contributed by atoms with Crippen molar-refractivity contribution in [2.45, 2.75) is 18.1 Å². The molecular formula is C20H17Br2NO4. The SMILES string of the molecule is C=CC[C@@]1(OC(=O)[C@@H](OC)c2ccccc2)C(=O)Nc2cc(Br)cc(Br)c21. The number of benzene rings is 2. The first kappa shape index (κ1) is 19.8. The van der Waals surface area contributed by atoms with Gasteiger partial charge in [0.15, 0.2) is 6.10 Å². The van der Waals surface area contributed by atoms with Crippen LogP contribution in [-0.2, 0) is 24.7 Å². The van der Waals surface area contributed by atoms with E-state index in [0.717, 1.165) is 4.47 Å². The third-order valence-electron chi connectivity index (χ3n) is 4.33. The van der Waals surface area contributed by atoms with Crippen molar-refractivity contribution in [3.8, 4) is 0 Å². The van der Waals surface area contributed by atoms with Gasteiger partial charge in [0, 0.05) is 28.0 Å². The zero-order chi connectivity index (χ0) is 19.6. The van der Waals surface area contributed by atoms with E-state index < -0.39 is 23.6 Å². The van der Waals surface area contributed by atoms with Crippen molar-refractivity contribution < 1.29 is 19.1 Å². The lowest BCUT2D eigenvalue weighted by Crippen LogP contribution is -2.40. The van der Waals surface area contributed by atoms with Gasteiger partial charge in [0.05, 0.1) is 5.69 Å². The zero-order valence-corrected chi connectivity index (χ0v) is 17.7. The highest BCUT2D eigenvalue weighted by Gasteiger charge is 2.52. The van der Waals surface area contributed by atoms with E-state index in [1.165, 1.54) is 7.11 Å². The number of esters is 1. The van der Waals surface area contributed by atoms with E-state index in [-0.39, 0.29) is 6.42 Å². The third kappa shape index (κ3) is 3.59. The Hall–Kier alpha value is -1.96. The number of halogens is 2. The van der Waals surface area contributed by atoms with Crippen molar-refractivity contribution in [1.82, 2.24) is 0 Å². The maximum Gasteiger partial charge on any atom is 0.341 e. The predicted molar refractivity (Wildman–Crippen MR) is 109 cm³/mol. The largest absolute Gasteiger partial charge is 0.441 e. The molecule has 0 saturated heterocycles. The molecule has 7 heteroatoms. The number of hydrogen-bond acceptors (Lipinski definition) is 4. The van der Waals surface area contributed by atoms with E-state index in [4.69, 9.17) is 9.47 Å². The highest BCUT2D eigenvalue weighted by atomic mass is 79.9. The van der Waals surface area contributed by atoms with Gasteiger partial charge >= 0.3 is 5.97 Å². The van der Waals surface area contributed by atoms with Gasteiger partial charge in [0.2, 0.25) is 5.60 Å². The first-order valence-electron chi connectivity index (χ1n) is 8.15. The number of fused-ring (bicyclic) bond motifs is 1. The van der Waals surface area contributed by atoms with Crippen molar-refractivity contribution in [3.05, 3.63) is 75.2 Å². The van der Waals surface area contributed by atoms with E-state index in [2.05, 4.69) is 43.8 Å². The molecule has 0 aliphatic carbocycles. The highest BCUT2D eigenvalue weighted by Crippen LogP contribution is 2.47. The first-order valence-corrected chi connectivity index (χ1v) is 9.74. The maximum atomic E-state index is 13.0. The molecule has 3 rings (SSSR count). The molecule has 0 radical (unpaired) electrons. The molecule has 0 bridgehead atoms. The molecule has 1 N–H and O–H groups in total. The van der Waals surface area contributed by atoms with Gasteiger partial charge in [0.25, 0.3) is 5.91 Å². The molecule has 0 unspecified atom stereocenters. The van der Waals surface area contributed by atoms with Gasteiger partial charge in [-0.1, -0.05) is 68.3 Å². The summed E-state index contributed by atoms with van der Waals surface area (Å²) in [5.41, 5.74) is 0.267. The van der Waals surface area contributed by atoms with Gasteiger partial charge in [-0.25, -0.2) is 4.79 Å². The van der Waals surface area contributed by atoms with E-state index in [1.54, 1.807) is 42.5 Å². The molecule has 1 amide bonds. The summed E-state index contributed by atoms with van der Waals surface area (Å²) in [6.07, 6.45) is 0.739. The fraction of sp³-hybridized carbons (Fsp3) is 0.200. The monoisotopic (exact) mass is 493 g/mol. The minimum Gasteiger partial charge on any atom is -0.441 e. The summed E-state index contributed by atoms with van der Waals surface area (Å²) in [5, 5.41) is 2.79. The topological polar surface area (TPSA) is 64.6 Å². The van der Waals surface area contributed by atoms with Crippen molar-refractivity contribution >= 4 is 49.4 Å². The number of carbonyl (C=O) groups is 2. The van der Waals surface area contributed by atoms with E-state index in [0.29, 0.717) is 21.3 Å². The van der Waals surface area contributed by atoms with Crippen molar-refractivity contribution in [2.75, 3.05) is 12.4 Å². The van der Waals surface area contributed by atoms with E-state index in [1.807, 2.05) is 6.07 Å². The Balaban J connectivity index is 2.03. The summed E-state index contributed by atoms with van der Waals surface area (Å²) in [6, 6.07) is 12.6. The van der Waals surface area contributed by atoms with Crippen LogP contribution in [0.5, 0.6) is 0 Å². The van der Waals surface area contributed by atoms with Gasteiger partial charge in [-0.15, -0.1) is 6.58 Å². The second-order valence-electron chi connectivity index (χ2n) is 6.03. The van der Waals surface area contributed by atoms with Crippen LogP contribution >= 0.6 is 31.9 Å². The number of rotatable bonds is 6. The van der Waals surface area contributed by atoms with E-state index >= 15 is 0 Å². The Morgan fingerprint density at radius 3 is 2.63 bits per heavy atom. The van der Waals surface area contributed by atoms with Gasteiger partial charge < -0.3 is 14.8 Å². The molecule has 2 aromatic carbocycles. The molecule has 2 aromatic rings. The van der Waals surface area contributed by atoms with Crippen molar-refractivity contribution in [2.24, 2.45) is 0 Å². The lowest BCUT2D eigenvalue weighted by Gasteiger charge is -2.29. The molecule has 1 aliphatic rings. The predicted octanol–water partition coefficient (Wildman–Crippen LogP) is 4.87. The molecule has 0 saturated carbocycles. The summed E-state index contributed by atoms with van der Waals surface area (Å²) < 4.78 is 12.6. The molecule has 0 aromatic heterocycles. The van der Waals surface area contributed by atoms with Crippen molar-refractivity contribution in [3.63, 3.8) is 0 Å².